The lowest BCUT2D eigenvalue weighted by Gasteiger charge is -2.05. The van der Waals surface area contributed by atoms with Gasteiger partial charge in [0.25, 0.3) is 0 Å². The molecule has 2 amide bonds. The first-order valence-corrected chi connectivity index (χ1v) is 1.56. The molecule has 0 unspecified atom stereocenters. The van der Waals surface area contributed by atoms with Gasteiger partial charge in [0, 0.05) is 0 Å². The average molecular weight is 98.1 g/mol. The molecule has 0 aliphatic carbocycles. The minimum atomic E-state index is -0.682. The van der Waals surface area contributed by atoms with E-state index in [0.29, 0.717) is 0 Å². The van der Waals surface area contributed by atoms with Gasteiger partial charge >= 0.3 is 6.03 Å². The number of carbonyl (C=O) groups excluding carboxylic acids is 1. The molecule has 0 fully saturated rings. The van der Waals surface area contributed by atoms with Crippen molar-refractivity contribution >= 4 is 12.0 Å². The van der Waals surface area contributed by atoms with E-state index in [1.807, 2.05) is 0 Å². The van der Waals surface area contributed by atoms with Crippen molar-refractivity contribution in [3.63, 3.8) is 0 Å². The van der Waals surface area contributed by atoms with Crippen LogP contribution in [0.4, 0.5) is 4.79 Å². The second kappa shape index (κ2) is 1.06. The van der Waals surface area contributed by atoms with E-state index < -0.39 is 6.03 Å². The highest BCUT2D eigenvalue weighted by molar-refractivity contribution is 5.74. The summed E-state index contributed by atoms with van der Waals surface area (Å²) < 4.78 is 0. The van der Waals surface area contributed by atoms with Crippen LogP contribution in [0.15, 0.2) is 10.2 Å². The molecule has 0 spiro atoms. The standard InChI is InChI=1S/C2H2N4O/c3-2(7)6-4-1-5-6/h(H2,3,7). The number of hydrogen-bond donors (Lipinski definition) is 1. The lowest BCUT2D eigenvalue weighted by Crippen LogP contribution is -2.29. The molecule has 7 heavy (non-hydrogen) atoms. The molecule has 5 nitrogen and oxygen atoms in total. The van der Waals surface area contributed by atoms with Crippen molar-refractivity contribution in [3.05, 3.63) is 0 Å². The zero-order valence-electron chi connectivity index (χ0n) is 3.33. The van der Waals surface area contributed by atoms with Gasteiger partial charge in [-0.05, 0) is 0 Å². The first kappa shape index (κ1) is 3.83. The van der Waals surface area contributed by atoms with Crippen LogP contribution in [0, 0.1) is 0 Å². The first-order valence-electron chi connectivity index (χ1n) is 1.56. The first-order chi connectivity index (χ1) is 3.30. The number of primary amides is 1. The van der Waals surface area contributed by atoms with Crippen molar-refractivity contribution in [1.29, 1.82) is 0 Å². The zero-order chi connectivity index (χ0) is 5.28. The van der Waals surface area contributed by atoms with Crippen LogP contribution < -0.4 is 5.73 Å². The van der Waals surface area contributed by atoms with Crippen LogP contribution in [0.25, 0.3) is 0 Å². The fraction of sp³-hybridized carbons (Fsp3) is 0. The third-order valence-electron chi connectivity index (χ3n) is 0.476. The van der Waals surface area contributed by atoms with E-state index in [9.17, 15) is 4.79 Å². The van der Waals surface area contributed by atoms with E-state index in [0.717, 1.165) is 5.12 Å². The minimum absolute atomic E-state index is 0.682. The molecule has 1 rings (SSSR count). The average Bonchev–Trinajstić information content (AvgIpc) is 1.23. The van der Waals surface area contributed by atoms with Crippen molar-refractivity contribution in [1.82, 2.24) is 5.12 Å². The third-order valence-corrected chi connectivity index (χ3v) is 0.476. The van der Waals surface area contributed by atoms with Crippen molar-refractivity contribution in [2.24, 2.45) is 15.9 Å². The van der Waals surface area contributed by atoms with Crippen LogP contribution in [0.1, 0.15) is 0 Å². The molecule has 36 valence electrons. The molecular weight excluding hydrogens is 96.0 g/mol. The summed E-state index contributed by atoms with van der Waals surface area (Å²) in [5, 5.41) is 7.17. The summed E-state index contributed by atoms with van der Waals surface area (Å²) in [6.45, 7) is 0. The number of amides is 2. The summed E-state index contributed by atoms with van der Waals surface area (Å²) in [5.41, 5.74) is 4.66. The van der Waals surface area contributed by atoms with E-state index >= 15 is 0 Å². The Bertz CT molecular complexity index is 147. The number of rotatable bonds is 0. The van der Waals surface area contributed by atoms with E-state index in [2.05, 4.69) is 21.9 Å². The molecule has 2 N–H and O–H groups in total. The van der Waals surface area contributed by atoms with Crippen LogP contribution in [0.3, 0.4) is 0 Å². The number of carbonyl (C=O) groups is 1. The Balaban J connectivity index is 2.50. The quantitative estimate of drug-likeness (QED) is 0.431. The monoisotopic (exact) mass is 98.0 g/mol. The topological polar surface area (TPSA) is 71.1 Å². The fourth-order valence-electron chi connectivity index (χ4n) is 0.188. The lowest BCUT2D eigenvalue weighted by atomic mass is 11.1. The highest BCUT2D eigenvalue weighted by atomic mass is 16.2. The Labute approximate surface area is 39.1 Å². The highest BCUT2D eigenvalue weighted by Gasteiger charge is 2.07. The van der Waals surface area contributed by atoms with E-state index in [1.54, 1.807) is 0 Å². The molecule has 0 bridgehead atoms. The number of hydrazone groups is 2. The van der Waals surface area contributed by atoms with Crippen LogP contribution in [0.5, 0.6) is 0 Å². The molecule has 0 radical (unpaired) electrons. The summed E-state index contributed by atoms with van der Waals surface area (Å²) in [4.78, 5) is 9.90. The van der Waals surface area contributed by atoms with Crippen LogP contribution in [-0.2, 0) is 0 Å². The summed E-state index contributed by atoms with van der Waals surface area (Å²) >= 11 is 0. The maximum absolute atomic E-state index is 9.90. The van der Waals surface area contributed by atoms with Crippen LogP contribution in [-0.4, -0.2) is 17.2 Å². The van der Waals surface area contributed by atoms with Gasteiger partial charge in [-0.2, -0.15) is 0 Å². The predicted molar refractivity (Wildman–Crippen MR) is 21.3 cm³/mol. The minimum Gasteiger partial charge on any atom is -0.348 e. The van der Waals surface area contributed by atoms with Gasteiger partial charge in [-0.15, -0.1) is 0 Å². The Kier molecular flexibility index (Phi) is 0.579. The largest absolute Gasteiger partial charge is 0.358 e. The predicted octanol–water partition coefficient (Wildman–Crippen LogP) is -0.615. The van der Waals surface area contributed by atoms with Gasteiger partial charge in [0.1, 0.15) is 6.01 Å². The molecule has 0 saturated carbocycles. The van der Waals surface area contributed by atoms with E-state index in [4.69, 9.17) is 0 Å². The Morgan fingerprint density at radius 1 is 1.71 bits per heavy atom. The fourth-order valence-corrected chi connectivity index (χ4v) is 0.188. The molecule has 0 aromatic rings. The molecule has 1 aliphatic heterocycles. The van der Waals surface area contributed by atoms with E-state index in [1.165, 1.54) is 0 Å². The highest BCUT2D eigenvalue weighted by Crippen LogP contribution is 1.92. The lowest BCUT2D eigenvalue weighted by molar-refractivity contribution is 0.207. The molecule has 1 aliphatic rings. The molecule has 1 heterocycles. The summed E-state index contributed by atoms with van der Waals surface area (Å²) in [7, 11) is 0. The smallest absolute Gasteiger partial charge is 0.348 e. The number of nitrogens with two attached hydrogens (primary N) is 1. The summed E-state index contributed by atoms with van der Waals surface area (Å²) in [6, 6.07) is 1.44. The molecule has 0 aromatic carbocycles. The Morgan fingerprint density at radius 2 is 2.29 bits per heavy atom. The third kappa shape index (κ3) is 0.436. The number of hydrogen-bond acceptors (Lipinski definition) is 3. The zero-order valence-corrected chi connectivity index (χ0v) is 3.33. The van der Waals surface area contributed by atoms with Crippen molar-refractivity contribution in [2.45, 2.75) is 0 Å². The SMILES string of the molecule is NC(=O)N1N=C=N1. The van der Waals surface area contributed by atoms with Crippen molar-refractivity contribution in [2.75, 3.05) is 0 Å². The second-order valence-electron chi connectivity index (χ2n) is 0.928. The van der Waals surface area contributed by atoms with Gasteiger partial charge in [0.05, 0.1) is 0 Å². The van der Waals surface area contributed by atoms with Gasteiger partial charge in [-0.1, -0.05) is 15.3 Å². The van der Waals surface area contributed by atoms with Gasteiger partial charge in [0.15, 0.2) is 0 Å². The summed E-state index contributed by atoms with van der Waals surface area (Å²) in [5.74, 6) is 0. The number of urea groups is 1. The van der Waals surface area contributed by atoms with E-state index in [-0.39, 0.29) is 0 Å². The van der Waals surface area contributed by atoms with Gasteiger partial charge in [0.2, 0.25) is 0 Å². The van der Waals surface area contributed by atoms with Crippen LogP contribution in [0.2, 0.25) is 0 Å². The van der Waals surface area contributed by atoms with Gasteiger partial charge < -0.3 is 5.73 Å². The van der Waals surface area contributed by atoms with Crippen LogP contribution >= 0.6 is 0 Å². The van der Waals surface area contributed by atoms with Gasteiger partial charge in [-0.3, -0.25) is 0 Å². The van der Waals surface area contributed by atoms with Gasteiger partial charge in [-0.25, -0.2) is 4.79 Å². The normalized spacial score (nSPS) is 14.0. The Morgan fingerprint density at radius 3 is 2.29 bits per heavy atom. The summed E-state index contributed by atoms with van der Waals surface area (Å²) in [6.07, 6.45) is 0. The molecule has 5 heteroatoms. The van der Waals surface area contributed by atoms with Crippen molar-refractivity contribution in [3.8, 4) is 0 Å². The number of nitrogens with zero attached hydrogens (tertiary/aromatic N) is 3. The van der Waals surface area contributed by atoms with Crippen molar-refractivity contribution < 1.29 is 4.79 Å². The maximum atomic E-state index is 9.90. The molecule has 0 saturated heterocycles. The molecule has 0 aromatic heterocycles. The molecule has 0 atom stereocenters. The molecular formula is C2H2N4O. The Hall–Kier alpha value is -1.35. The second-order valence-corrected chi connectivity index (χ2v) is 0.928. The maximum Gasteiger partial charge on any atom is 0.358 e.